The highest BCUT2D eigenvalue weighted by Crippen LogP contribution is 2.27. The molecule has 0 aliphatic carbocycles. The first-order chi connectivity index (χ1) is 8.29. The van der Waals surface area contributed by atoms with E-state index in [4.69, 9.17) is 21.3 Å². The number of aromatic nitrogens is 3. The molecule has 0 aromatic carbocycles. The summed E-state index contributed by atoms with van der Waals surface area (Å²) in [4.78, 5) is 0. The fourth-order valence-electron chi connectivity index (χ4n) is 1.59. The van der Waals surface area contributed by atoms with E-state index in [2.05, 4.69) is 16.3 Å². The Labute approximate surface area is 101 Å². The fraction of sp³-hybridized carbons (Fsp3) is 0. The zero-order valence-corrected chi connectivity index (χ0v) is 9.22. The van der Waals surface area contributed by atoms with Gasteiger partial charge in [0.2, 0.25) is 5.22 Å². The summed E-state index contributed by atoms with van der Waals surface area (Å²) in [7, 11) is 0. The van der Waals surface area contributed by atoms with Crippen LogP contribution in [0.5, 0.6) is 0 Å². The standard InChI is InChI=1S/C11H5ClN4O/c12-10-8(3-4-17-10)11-15-14-9-2-1-7(5-13)6-16(9)11/h1-4,6H. The van der Waals surface area contributed by atoms with Gasteiger partial charge in [-0.3, -0.25) is 4.40 Å². The molecule has 0 spiro atoms. The first-order valence-corrected chi connectivity index (χ1v) is 5.15. The molecule has 0 saturated carbocycles. The maximum atomic E-state index is 8.86. The van der Waals surface area contributed by atoms with Gasteiger partial charge in [-0.25, -0.2) is 0 Å². The molecule has 0 atom stereocenters. The van der Waals surface area contributed by atoms with Crippen LogP contribution in [-0.4, -0.2) is 14.6 Å². The van der Waals surface area contributed by atoms with Crippen molar-refractivity contribution in [2.75, 3.05) is 0 Å². The number of hydrogen-bond donors (Lipinski definition) is 0. The quantitative estimate of drug-likeness (QED) is 0.660. The van der Waals surface area contributed by atoms with Gasteiger partial charge >= 0.3 is 0 Å². The van der Waals surface area contributed by atoms with E-state index in [1.54, 1.807) is 28.8 Å². The van der Waals surface area contributed by atoms with E-state index in [-0.39, 0.29) is 5.22 Å². The lowest BCUT2D eigenvalue weighted by Gasteiger charge is -1.97. The molecule has 6 heteroatoms. The first-order valence-electron chi connectivity index (χ1n) is 4.78. The van der Waals surface area contributed by atoms with Gasteiger partial charge in [0.25, 0.3) is 0 Å². The third kappa shape index (κ3) is 1.47. The monoisotopic (exact) mass is 244 g/mol. The van der Waals surface area contributed by atoms with Gasteiger partial charge in [0.15, 0.2) is 11.5 Å². The van der Waals surface area contributed by atoms with Crippen LogP contribution in [0.2, 0.25) is 5.22 Å². The van der Waals surface area contributed by atoms with Gasteiger partial charge in [-0.05, 0) is 29.8 Å². The number of halogens is 1. The Kier molecular flexibility index (Phi) is 2.10. The Bertz CT molecular complexity index is 737. The van der Waals surface area contributed by atoms with Crippen molar-refractivity contribution in [3.05, 3.63) is 41.4 Å². The second-order valence-corrected chi connectivity index (χ2v) is 3.73. The summed E-state index contributed by atoms with van der Waals surface area (Å²) >= 11 is 5.89. The SMILES string of the molecule is N#Cc1ccc2nnc(-c3ccoc3Cl)n2c1. The minimum atomic E-state index is 0.252. The molecule has 0 saturated heterocycles. The van der Waals surface area contributed by atoms with Crippen LogP contribution in [-0.2, 0) is 0 Å². The van der Waals surface area contributed by atoms with Gasteiger partial charge in [0.1, 0.15) is 6.07 Å². The highest BCUT2D eigenvalue weighted by atomic mass is 35.5. The summed E-state index contributed by atoms with van der Waals surface area (Å²) in [5.74, 6) is 0.552. The third-order valence-electron chi connectivity index (χ3n) is 2.39. The lowest BCUT2D eigenvalue weighted by molar-refractivity contribution is 0.570. The number of pyridine rings is 1. The average Bonchev–Trinajstić information content (AvgIpc) is 2.94. The van der Waals surface area contributed by atoms with Crippen molar-refractivity contribution in [3.8, 4) is 17.5 Å². The highest BCUT2D eigenvalue weighted by Gasteiger charge is 2.13. The summed E-state index contributed by atoms with van der Waals surface area (Å²) in [6.07, 6.45) is 3.14. The van der Waals surface area contributed by atoms with Crippen molar-refractivity contribution in [1.82, 2.24) is 14.6 Å². The molecule has 17 heavy (non-hydrogen) atoms. The van der Waals surface area contributed by atoms with E-state index in [0.29, 0.717) is 22.6 Å². The van der Waals surface area contributed by atoms with Crippen molar-refractivity contribution >= 4 is 17.2 Å². The Morgan fingerprint density at radius 1 is 1.29 bits per heavy atom. The van der Waals surface area contributed by atoms with Gasteiger partial charge in [-0.1, -0.05) is 0 Å². The van der Waals surface area contributed by atoms with Crippen LogP contribution < -0.4 is 0 Å². The van der Waals surface area contributed by atoms with E-state index in [1.807, 2.05) is 0 Å². The molecule has 3 heterocycles. The van der Waals surface area contributed by atoms with Gasteiger partial charge < -0.3 is 4.42 Å². The van der Waals surface area contributed by atoms with E-state index >= 15 is 0 Å². The molecule has 0 N–H and O–H groups in total. The summed E-state index contributed by atoms with van der Waals surface area (Å²) in [6, 6.07) is 7.18. The molecule has 0 aliphatic rings. The molecular weight excluding hydrogens is 240 g/mol. The van der Waals surface area contributed by atoms with Crippen LogP contribution in [0.3, 0.4) is 0 Å². The predicted octanol–water partition coefficient (Wildman–Crippen LogP) is 2.51. The maximum Gasteiger partial charge on any atom is 0.204 e. The van der Waals surface area contributed by atoms with E-state index in [0.717, 1.165) is 0 Å². The Balaban J connectivity index is 2.31. The van der Waals surface area contributed by atoms with Crippen LogP contribution in [0.25, 0.3) is 17.0 Å². The smallest absolute Gasteiger partial charge is 0.204 e. The Morgan fingerprint density at radius 3 is 2.88 bits per heavy atom. The molecule has 82 valence electrons. The van der Waals surface area contributed by atoms with Gasteiger partial charge in [0.05, 0.1) is 17.4 Å². The topological polar surface area (TPSA) is 67.1 Å². The normalized spacial score (nSPS) is 10.6. The minimum absolute atomic E-state index is 0.252. The van der Waals surface area contributed by atoms with Crippen LogP contribution in [0.4, 0.5) is 0 Å². The molecule has 0 amide bonds. The number of nitrogens with zero attached hydrogens (tertiary/aromatic N) is 4. The fourth-order valence-corrected chi connectivity index (χ4v) is 1.79. The Morgan fingerprint density at radius 2 is 2.18 bits per heavy atom. The zero-order valence-electron chi connectivity index (χ0n) is 8.46. The van der Waals surface area contributed by atoms with Crippen LogP contribution in [0.15, 0.2) is 35.1 Å². The molecule has 3 aromatic heterocycles. The zero-order chi connectivity index (χ0) is 11.8. The van der Waals surface area contributed by atoms with E-state index in [1.165, 1.54) is 6.26 Å². The summed E-state index contributed by atoms with van der Waals surface area (Å²) in [5, 5.41) is 17.1. The summed E-state index contributed by atoms with van der Waals surface area (Å²) in [6.45, 7) is 0. The third-order valence-corrected chi connectivity index (χ3v) is 2.68. The maximum absolute atomic E-state index is 8.86. The van der Waals surface area contributed by atoms with Gasteiger partial charge in [0, 0.05) is 6.20 Å². The van der Waals surface area contributed by atoms with E-state index in [9.17, 15) is 0 Å². The second kappa shape index (κ2) is 3.61. The van der Waals surface area contributed by atoms with Crippen LogP contribution >= 0.6 is 11.6 Å². The highest BCUT2D eigenvalue weighted by molar-refractivity contribution is 6.31. The van der Waals surface area contributed by atoms with Crippen LogP contribution in [0, 0.1) is 11.3 Å². The van der Waals surface area contributed by atoms with Crippen LogP contribution in [0.1, 0.15) is 5.56 Å². The van der Waals surface area contributed by atoms with E-state index < -0.39 is 0 Å². The molecule has 0 unspecified atom stereocenters. The Hall–Kier alpha value is -2.32. The van der Waals surface area contributed by atoms with Gasteiger partial charge in [-0.15, -0.1) is 10.2 Å². The molecule has 0 bridgehead atoms. The number of rotatable bonds is 1. The molecule has 3 rings (SSSR count). The number of fused-ring (bicyclic) bond motifs is 1. The molecule has 0 fully saturated rings. The lowest BCUT2D eigenvalue weighted by Crippen LogP contribution is -1.90. The number of hydrogen-bond acceptors (Lipinski definition) is 4. The predicted molar refractivity (Wildman–Crippen MR) is 60.4 cm³/mol. The number of nitriles is 1. The molecule has 3 aromatic rings. The van der Waals surface area contributed by atoms with Crippen molar-refractivity contribution < 1.29 is 4.42 Å². The van der Waals surface area contributed by atoms with Gasteiger partial charge in [-0.2, -0.15) is 5.26 Å². The second-order valence-electron chi connectivity index (χ2n) is 3.39. The molecule has 5 nitrogen and oxygen atoms in total. The summed E-state index contributed by atoms with van der Waals surface area (Å²) < 4.78 is 6.72. The van der Waals surface area contributed by atoms with Crippen molar-refractivity contribution in [2.45, 2.75) is 0 Å². The minimum Gasteiger partial charge on any atom is -0.452 e. The first kappa shape index (κ1) is 9.87. The van der Waals surface area contributed by atoms with Crippen molar-refractivity contribution in [1.29, 1.82) is 5.26 Å². The lowest BCUT2D eigenvalue weighted by atomic mass is 10.3. The number of furan rings is 1. The molecule has 0 aliphatic heterocycles. The largest absolute Gasteiger partial charge is 0.452 e. The molecule has 0 radical (unpaired) electrons. The van der Waals surface area contributed by atoms with Crippen molar-refractivity contribution in [2.24, 2.45) is 0 Å². The average molecular weight is 245 g/mol. The summed E-state index contributed by atoms with van der Waals surface area (Å²) in [5.41, 5.74) is 1.82. The molecular formula is C11H5ClN4O. The van der Waals surface area contributed by atoms with Crippen molar-refractivity contribution in [3.63, 3.8) is 0 Å².